The summed E-state index contributed by atoms with van der Waals surface area (Å²) >= 11 is 1.68. The van der Waals surface area contributed by atoms with E-state index in [1.807, 2.05) is 0 Å². The van der Waals surface area contributed by atoms with Gasteiger partial charge in [-0.2, -0.15) is 0 Å². The highest BCUT2D eigenvalue weighted by atomic mass is 32.1. The summed E-state index contributed by atoms with van der Waals surface area (Å²) in [7, 11) is 0. The van der Waals surface area contributed by atoms with Crippen molar-refractivity contribution in [1.82, 2.24) is 0 Å². The van der Waals surface area contributed by atoms with Gasteiger partial charge in [-0.1, -0.05) is 0 Å². The zero-order valence-corrected chi connectivity index (χ0v) is 10.4. The molecule has 1 aliphatic rings. The van der Waals surface area contributed by atoms with Gasteiger partial charge in [-0.3, -0.25) is 10.1 Å². The first kappa shape index (κ1) is 11.4. The molecule has 4 nitrogen and oxygen atoms in total. The van der Waals surface area contributed by atoms with Gasteiger partial charge >= 0.3 is 0 Å². The minimum absolute atomic E-state index is 0.0745. The second-order valence-corrected chi connectivity index (χ2v) is 5.11. The van der Waals surface area contributed by atoms with Crippen LogP contribution < -0.4 is 0 Å². The third-order valence-corrected chi connectivity index (χ3v) is 4.08. The van der Waals surface area contributed by atoms with Crippen LogP contribution in [0.25, 0.3) is 0 Å². The van der Waals surface area contributed by atoms with Gasteiger partial charge in [0.2, 0.25) is 0 Å². The molecule has 0 bridgehead atoms. The number of ether oxygens (including phenoxy) is 1. The van der Waals surface area contributed by atoms with Crippen LogP contribution >= 0.6 is 11.3 Å². The fourth-order valence-corrected chi connectivity index (χ4v) is 3.19. The number of fused-ring (bicyclic) bond motifs is 1. The molecule has 1 aliphatic heterocycles. The monoisotopic (exact) mass is 261 g/mol. The van der Waals surface area contributed by atoms with Gasteiger partial charge in [0.1, 0.15) is 6.10 Å². The zero-order chi connectivity index (χ0) is 12.5. The number of thiophene rings is 1. The Morgan fingerprint density at radius 3 is 2.78 bits per heavy atom. The van der Waals surface area contributed by atoms with Crippen molar-refractivity contribution in [2.24, 2.45) is 0 Å². The van der Waals surface area contributed by atoms with Crippen LogP contribution in [0.15, 0.2) is 35.7 Å². The Balaban J connectivity index is 1.95. The summed E-state index contributed by atoms with van der Waals surface area (Å²) < 4.78 is 5.79. The summed E-state index contributed by atoms with van der Waals surface area (Å²) in [5, 5.41) is 12.7. The topological polar surface area (TPSA) is 52.4 Å². The maximum Gasteiger partial charge on any atom is 0.269 e. The largest absolute Gasteiger partial charge is 0.368 e. The molecule has 2 heterocycles. The first-order chi connectivity index (χ1) is 8.75. The quantitative estimate of drug-likeness (QED) is 0.615. The van der Waals surface area contributed by atoms with Gasteiger partial charge in [0.05, 0.1) is 11.5 Å². The third kappa shape index (κ3) is 1.91. The number of nitro benzene ring substituents is 1. The van der Waals surface area contributed by atoms with Crippen LogP contribution in [0.5, 0.6) is 0 Å². The molecule has 18 heavy (non-hydrogen) atoms. The highest BCUT2D eigenvalue weighted by Gasteiger charge is 2.24. The fraction of sp³-hybridized carbons (Fsp3) is 0.231. The van der Waals surface area contributed by atoms with E-state index in [0.717, 1.165) is 12.0 Å². The number of benzene rings is 1. The smallest absolute Gasteiger partial charge is 0.269 e. The SMILES string of the molecule is O=[N+]([O-])c1ccc(C2OCCc3ccsc32)cc1. The second-order valence-electron chi connectivity index (χ2n) is 4.16. The predicted molar refractivity (Wildman–Crippen MR) is 68.9 cm³/mol. The van der Waals surface area contributed by atoms with Crippen LogP contribution in [0.3, 0.4) is 0 Å². The van der Waals surface area contributed by atoms with E-state index in [2.05, 4.69) is 11.4 Å². The van der Waals surface area contributed by atoms with Crippen LogP contribution in [0.1, 0.15) is 22.1 Å². The highest BCUT2D eigenvalue weighted by Crippen LogP contribution is 2.36. The third-order valence-electron chi connectivity index (χ3n) is 3.08. The molecule has 1 aromatic heterocycles. The van der Waals surface area contributed by atoms with Crippen molar-refractivity contribution in [3.8, 4) is 0 Å². The lowest BCUT2D eigenvalue weighted by Crippen LogP contribution is -2.14. The van der Waals surface area contributed by atoms with Crippen molar-refractivity contribution in [1.29, 1.82) is 0 Å². The van der Waals surface area contributed by atoms with E-state index >= 15 is 0 Å². The maximum absolute atomic E-state index is 10.6. The van der Waals surface area contributed by atoms with E-state index in [1.54, 1.807) is 23.5 Å². The van der Waals surface area contributed by atoms with E-state index < -0.39 is 0 Å². The Hall–Kier alpha value is -1.72. The molecule has 0 spiro atoms. The minimum Gasteiger partial charge on any atom is -0.368 e. The summed E-state index contributed by atoms with van der Waals surface area (Å²) in [4.78, 5) is 11.5. The van der Waals surface area contributed by atoms with Crippen molar-refractivity contribution >= 4 is 17.0 Å². The molecule has 2 aromatic rings. The van der Waals surface area contributed by atoms with Crippen molar-refractivity contribution in [2.45, 2.75) is 12.5 Å². The number of rotatable bonds is 2. The Bertz CT molecular complexity index is 576. The van der Waals surface area contributed by atoms with E-state index in [-0.39, 0.29) is 16.7 Å². The van der Waals surface area contributed by atoms with E-state index in [1.165, 1.54) is 22.6 Å². The number of non-ortho nitro benzene ring substituents is 1. The Kier molecular flexibility index (Phi) is 2.85. The van der Waals surface area contributed by atoms with Crippen molar-refractivity contribution in [3.05, 3.63) is 61.8 Å². The molecule has 1 aromatic carbocycles. The average molecular weight is 261 g/mol. The molecule has 0 N–H and O–H groups in total. The molecule has 0 amide bonds. The Labute approximate surface area is 108 Å². The van der Waals surface area contributed by atoms with Crippen LogP contribution in [0.2, 0.25) is 0 Å². The van der Waals surface area contributed by atoms with Gasteiger partial charge in [-0.25, -0.2) is 0 Å². The summed E-state index contributed by atoms with van der Waals surface area (Å²) in [6, 6.07) is 8.73. The zero-order valence-electron chi connectivity index (χ0n) is 9.54. The van der Waals surface area contributed by atoms with Crippen LogP contribution in [0, 0.1) is 10.1 Å². The van der Waals surface area contributed by atoms with E-state index in [9.17, 15) is 10.1 Å². The molecule has 1 atom stereocenters. The van der Waals surface area contributed by atoms with E-state index in [4.69, 9.17) is 4.74 Å². The van der Waals surface area contributed by atoms with Gasteiger partial charge in [0, 0.05) is 17.0 Å². The van der Waals surface area contributed by atoms with Crippen molar-refractivity contribution < 1.29 is 9.66 Å². The van der Waals surface area contributed by atoms with Crippen LogP contribution in [-0.2, 0) is 11.2 Å². The van der Waals surface area contributed by atoms with Gasteiger partial charge in [0.25, 0.3) is 5.69 Å². The molecule has 0 fully saturated rings. The molecule has 5 heteroatoms. The lowest BCUT2D eigenvalue weighted by Gasteiger charge is -2.23. The highest BCUT2D eigenvalue weighted by molar-refractivity contribution is 7.10. The second kappa shape index (κ2) is 4.51. The number of nitro groups is 1. The molecule has 0 saturated carbocycles. The van der Waals surface area contributed by atoms with Crippen LogP contribution in [0.4, 0.5) is 5.69 Å². The molecular formula is C13H11NO3S. The van der Waals surface area contributed by atoms with E-state index in [0.29, 0.717) is 6.61 Å². The number of hydrogen-bond acceptors (Lipinski definition) is 4. The molecule has 92 valence electrons. The predicted octanol–water partition coefficient (Wildman–Crippen LogP) is 3.32. The molecular weight excluding hydrogens is 250 g/mol. The van der Waals surface area contributed by atoms with Crippen molar-refractivity contribution in [3.63, 3.8) is 0 Å². The lowest BCUT2D eigenvalue weighted by atomic mass is 10.0. The normalized spacial score (nSPS) is 18.3. The molecule has 0 aliphatic carbocycles. The Morgan fingerprint density at radius 2 is 2.06 bits per heavy atom. The Morgan fingerprint density at radius 1 is 1.28 bits per heavy atom. The van der Waals surface area contributed by atoms with Gasteiger partial charge in [-0.05, 0) is 41.1 Å². The molecule has 0 radical (unpaired) electrons. The van der Waals surface area contributed by atoms with Gasteiger partial charge < -0.3 is 4.74 Å². The summed E-state index contributed by atoms with van der Waals surface area (Å²) in [5.41, 5.74) is 2.42. The molecule has 0 saturated heterocycles. The standard InChI is InChI=1S/C13H11NO3S/c15-14(16)11-3-1-9(2-4-11)12-13-10(5-7-17-12)6-8-18-13/h1-4,6,8,12H,5,7H2. The first-order valence-electron chi connectivity index (χ1n) is 5.68. The number of nitrogens with zero attached hydrogens (tertiary/aromatic N) is 1. The number of hydrogen-bond donors (Lipinski definition) is 0. The molecule has 1 unspecified atom stereocenters. The van der Waals surface area contributed by atoms with Gasteiger partial charge in [0.15, 0.2) is 0 Å². The lowest BCUT2D eigenvalue weighted by molar-refractivity contribution is -0.384. The fourth-order valence-electron chi connectivity index (χ4n) is 2.16. The summed E-state index contributed by atoms with van der Waals surface area (Å²) in [5.74, 6) is 0. The summed E-state index contributed by atoms with van der Waals surface area (Å²) in [6.45, 7) is 0.700. The van der Waals surface area contributed by atoms with Crippen LogP contribution in [-0.4, -0.2) is 11.5 Å². The maximum atomic E-state index is 10.6. The summed E-state index contributed by atoms with van der Waals surface area (Å²) in [6.07, 6.45) is 0.872. The van der Waals surface area contributed by atoms with Crippen molar-refractivity contribution in [2.75, 3.05) is 6.61 Å². The average Bonchev–Trinajstić information content (AvgIpc) is 2.87. The minimum atomic E-state index is -0.387. The molecule has 3 rings (SSSR count). The first-order valence-corrected chi connectivity index (χ1v) is 6.56. The van der Waals surface area contributed by atoms with Gasteiger partial charge in [-0.15, -0.1) is 11.3 Å².